The van der Waals surface area contributed by atoms with Gasteiger partial charge >= 0.3 is 0 Å². The Balaban J connectivity index is 1.35. The van der Waals surface area contributed by atoms with E-state index in [1.807, 2.05) is 23.1 Å². The number of rotatable bonds is 6. The Hall–Kier alpha value is -2.67. The van der Waals surface area contributed by atoms with E-state index in [0.717, 1.165) is 29.6 Å². The molecule has 4 rings (SSSR count). The minimum atomic E-state index is -0.280. The molecule has 1 saturated heterocycles. The van der Waals surface area contributed by atoms with E-state index in [0.29, 0.717) is 12.4 Å². The van der Waals surface area contributed by atoms with Gasteiger partial charge in [0.25, 0.3) is 0 Å². The van der Waals surface area contributed by atoms with E-state index in [1.54, 1.807) is 36.4 Å². The molecule has 1 aromatic carbocycles. The van der Waals surface area contributed by atoms with E-state index in [4.69, 9.17) is 0 Å². The van der Waals surface area contributed by atoms with Crippen molar-refractivity contribution in [2.24, 2.45) is 0 Å². The van der Waals surface area contributed by atoms with E-state index >= 15 is 0 Å². The molecular formula is C20H20FN5S. The molecule has 7 heteroatoms. The highest BCUT2D eigenvalue weighted by Crippen LogP contribution is 2.24. The number of nitrogens with zero attached hydrogens (tertiary/aromatic N) is 4. The van der Waals surface area contributed by atoms with Crippen molar-refractivity contribution in [1.29, 1.82) is 0 Å². The average molecular weight is 381 g/mol. The minimum absolute atomic E-state index is 0.190. The molecule has 0 amide bonds. The maximum atomic E-state index is 13.9. The number of halogens is 1. The fourth-order valence-corrected chi connectivity index (χ4v) is 3.91. The normalized spacial score (nSPS) is 16.5. The molecule has 0 aliphatic carbocycles. The molecule has 5 nitrogen and oxygen atoms in total. The third kappa shape index (κ3) is 4.54. The number of benzene rings is 1. The lowest BCUT2D eigenvalue weighted by Crippen LogP contribution is -2.27. The topological polar surface area (TPSA) is 53.9 Å². The van der Waals surface area contributed by atoms with Crippen molar-refractivity contribution in [1.82, 2.24) is 15.0 Å². The van der Waals surface area contributed by atoms with Gasteiger partial charge in [0.05, 0.1) is 12.4 Å². The Labute approximate surface area is 162 Å². The number of pyridine rings is 1. The second-order valence-electron chi connectivity index (χ2n) is 6.40. The fourth-order valence-electron chi connectivity index (χ4n) is 3.11. The smallest absolute Gasteiger partial charge is 0.165 e. The number of nitrogens with one attached hydrogen (secondary N) is 1. The van der Waals surface area contributed by atoms with Gasteiger partial charge < -0.3 is 10.2 Å². The molecule has 1 aliphatic rings. The van der Waals surface area contributed by atoms with Crippen LogP contribution in [0.4, 0.5) is 16.0 Å². The summed E-state index contributed by atoms with van der Waals surface area (Å²) in [5.41, 5.74) is 1.26. The summed E-state index contributed by atoms with van der Waals surface area (Å²) in [6, 6.07) is 13.5. The van der Waals surface area contributed by atoms with Crippen LogP contribution in [0.5, 0.6) is 0 Å². The third-order valence-electron chi connectivity index (χ3n) is 4.42. The molecule has 3 aromatic rings. The molecule has 0 bridgehead atoms. The molecule has 0 saturated carbocycles. The second-order valence-corrected chi connectivity index (χ2v) is 7.40. The fraction of sp³-hybridized carbons (Fsp3) is 0.250. The van der Waals surface area contributed by atoms with E-state index in [1.165, 1.54) is 11.6 Å². The molecule has 2 aromatic heterocycles. The van der Waals surface area contributed by atoms with Crippen molar-refractivity contribution in [3.05, 3.63) is 72.4 Å². The van der Waals surface area contributed by atoms with Crippen LogP contribution in [-0.4, -0.2) is 34.1 Å². The summed E-state index contributed by atoms with van der Waals surface area (Å²) in [5.74, 6) is 1.74. The Kier molecular flexibility index (Phi) is 5.48. The SMILES string of the molecule is Fc1cccnc1N1CCC(Nc2cncc(SCc3ccccc3)n2)C1. The van der Waals surface area contributed by atoms with Gasteiger partial charge in [-0.1, -0.05) is 30.3 Å². The molecule has 3 heterocycles. The molecule has 1 unspecified atom stereocenters. The number of hydrogen-bond acceptors (Lipinski definition) is 6. The number of hydrogen-bond donors (Lipinski definition) is 1. The summed E-state index contributed by atoms with van der Waals surface area (Å²) in [7, 11) is 0. The highest BCUT2D eigenvalue weighted by molar-refractivity contribution is 7.98. The predicted octanol–water partition coefficient (Wildman–Crippen LogP) is 3.99. The third-order valence-corrected chi connectivity index (χ3v) is 5.39. The van der Waals surface area contributed by atoms with Gasteiger partial charge in [-0.3, -0.25) is 4.98 Å². The summed E-state index contributed by atoms with van der Waals surface area (Å²) >= 11 is 1.66. The maximum absolute atomic E-state index is 13.9. The lowest BCUT2D eigenvalue weighted by atomic mass is 10.2. The van der Waals surface area contributed by atoms with Crippen molar-refractivity contribution < 1.29 is 4.39 Å². The van der Waals surface area contributed by atoms with Gasteiger partial charge in [0.2, 0.25) is 0 Å². The van der Waals surface area contributed by atoms with Gasteiger partial charge in [-0.05, 0) is 24.1 Å². The van der Waals surface area contributed by atoms with Gasteiger partial charge in [-0.25, -0.2) is 14.4 Å². The Morgan fingerprint density at radius 1 is 1.15 bits per heavy atom. The molecule has 138 valence electrons. The molecule has 1 N–H and O–H groups in total. The van der Waals surface area contributed by atoms with Crippen LogP contribution >= 0.6 is 11.8 Å². The first-order valence-electron chi connectivity index (χ1n) is 8.89. The predicted molar refractivity (Wildman–Crippen MR) is 106 cm³/mol. The Morgan fingerprint density at radius 3 is 2.89 bits per heavy atom. The minimum Gasteiger partial charge on any atom is -0.364 e. The zero-order chi connectivity index (χ0) is 18.5. The maximum Gasteiger partial charge on any atom is 0.165 e. The van der Waals surface area contributed by atoms with Crippen LogP contribution in [0.25, 0.3) is 0 Å². The van der Waals surface area contributed by atoms with E-state index in [-0.39, 0.29) is 11.9 Å². The van der Waals surface area contributed by atoms with Gasteiger partial charge in [-0.15, -0.1) is 11.8 Å². The average Bonchev–Trinajstić information content (AvgIpc) is 3.16. The number of aromatic nitrogens is 3. The molecule has 1 atom stereocenters. The molecule has 1 fully saturated rings. The van der Waals surface area contributed by atoms with E-state index in [2.05, 4.69) is 32.4 Å². The van der Waals surface area contributed by atoms with Crippen molar-refractivity contribution >= 4 is 23.4 Å². The summed E-state index contributed by atoms with van der Waals surface area (Å²) in [5, 5.41) is 4.30. The van der Waals surface area contributed by atoms with E-state index < -0.39 is 0 Å². The zero-order valence-corrected chi connectivity index (χ0v) is 15.6. The van der Waals surface area contributed by atoms with Gasteiger partial charge in [-0.2, -0.15) is 0 Å². The van der Waals surface area contributed by atoms with Crippen LogP contribution < -0.4 is 10.2 Å². The van der Waals surface area contributed by atoms with Gasteiger partial charge in [0, 0.05) is 31.1 Å². The van der Waals surface area contributed by atoms with Crippen LogP contribution in [0.1, 0.15) is 12.0 Å². The summed E-state index contributed by atoms with van der Waals surface area (Å²) in [6.07, 6.45) is 6.04. The first-order chi connectivity index (χ1) is 13.3. The summed E-state index contributed by atoms with van der Waals surface area (Å²) in [6.45, 7) is 1.46. The number of anilines is 2. The first-order valence-corrected chi connectivity index (χ1v) is 9.87. The van der Waals surface area contributed by atoms with Crippen molar-refractivity contribution in [3.63, 3.8) is 0 Å². The molecule has 0 radical (unpaired) electrons. The van der Waals surface area contributed by atoms with Crippen LogP contribution in [0, 0.1) is 5.82 Å². The van der Waals surface area contributed by atoms with Crippen molar-refractivity contribution in [3.8, 4) is 0 Å². The quantitative estimate of drug-likeness (QED) is 0.652. The van der Waals surface area contributed by atoms with Gasteiger partial charge in [0.15, 0.2) is 11.6 Å². The van der Waals surface area contributed by atoms with Crippen molar-refractivity contribution in [2.75, 3.05) is 23.3 Å². The zero-order valence-electron chi connectivity index (χ0n) is 14.8. The Bertz CT molecular complexity index is 892. The lowest BCUT2D eigenvalue weighted by molar-refractivity contribution is 0.615. The Morgan fingerprint density at radius 2 is 2.04 bits per heavy atom. The second kappa shape index (κ2) is 8.35. The monoisotopic (exact) mass is 381 g/mol. The lowest BCUT2D eigenvalue weighted by Gasteiger charge is -2.18. The van der Waals surface area contributed by atoms with Gasteiger partial charge in [0.1, 0.15) is 10.8 Å². The molecule has 1 aliphatic heterocycles. The molecule has 0 spiro atoms. The van der Waals surface area contributed by atoms with Crippen LogP contribution in [0.3, 0.4) is 0 Å². The summed E-state index contributed by atoms with van der Waals surface area (Å²) in [4.78, 5) is 15.1. The number of thioether (sulfide) groups is 1. The molecular weight excluding hydrogens is 361 g/mol. The van der Waals surface area contributed by atoms with Crippen LogP contribution in [-0.2, 0) is 5.75 Å². The molecule has 27 heavy (non-hydrogen) atoms. The highest BCUT2D eigenvalue weighted by atomic mass is 32.2. The van der Waals surface area contributed by atoms with Crippen LogP contribution in [0.2, 0.25) is 0 Å². The van der Waals surface area contributed by atoms with Crippen LogP contribution in [0.15, 0.2) is 66.1 Å². The first kappa shape index (κ1) is 17.7. The van der Waals surface area contributed by atoms with E-state index in [9.17, 15) is 4.39 Å². The van der Waals surface area contributed by atoms with Crippen molar-refractivity contribution in [2.45, 2.75) is 23.2 Å². The summed E-state index contributed by atoms with van der Waals surface area (Å²) < 4.78 is 13.9. The highest BCUT2D eigenvalue weighted by Gasteiger charge is 2.25. The largest absolute Gasteiger partial charge is 0.364 e. The standard InChI is InChI=1S/C20H20FN5S/c21-17-7-4-9-23-20(17)26-10-8-16(13-26)24-18-11-22-12-19(25-18)27-14-15-5-2-1-3-6-15/h1-7,9,11-12,16H,8,10,13-14H2,(H,24,25).